The number of fused-ring (bicyclic) bond motifs is 1. The summed E-state index contributed by atoms with van der Waals surface area (Å²) in [6.07, 6.45) is 2.07. The molecule has 0 bridgehead atoms. The third kappa shape index (κ3) is 4.98. The van der Waals surface area contributed by atoms with Gasteiger partial charge in [-0.1, -0.05) is 37.3 Å². The molecule has 7 nitrogen and oxygen atoms in total. The van der Waals surface area contributed by atoms with Crippen molar-refractivity contribution in [1.29, 1.82) is 0 Å². The number of aryl methyl sites for hydroxylation is 1. The van der Waals surface area contributed by atoms with Gasteiger partial charge in [-0.25, -0.2) is 0 Å². The number of amides is 1. The summed E-state index contributed by atoms with van der Waals surface area (Å²) in [5.74, 6) is 1.32. The molecule has 0 aliphatic carbocycles. The topological polar surface area (TPSA) is 87.0 Å². The number of hydrogen-bond acceptors (Lipinski definition) is 6. The van der Waals surface area contributed by atoms with Crippen molar-refractivity contribution in [2.75, 3.05) is 19.0 Å². The number of para-hydroxylation sites is 3. The van der Waals surface area contributed by atoms with Crippen LogP contribution in [0, 0.1) is 0 Å². The number of anilines is 1. The van der Waals surface area contributed by atoms with Crippen LogP contribution in [0.2, 0.25) is 0 Å². The fraction of sp³-hybridized carbons (Fsp3) is 0.154. The smallest absolute Gasteiger partial charge is 0.262 e. The van der Waals surface area contributed by atoms with Gasteiger partial charge in [-0.2, -0.15) is 0 Å². The Morgan fingerprint density at radius 2 is 1.73 bits per heavy atom. The average Bonchev–Trinajstić information content (AvgIpc) is 2.85. The lowest BCUT2D eigenvalue weighted by Gasteiger charge is -2.11. The van der Waals surface area contributed by atoms with E-state index in [1.807, 2.05) is 37.3 Å². The SMILES string of the molecule is CCc1ccccc1Oc1coc2cc(OCC(=O)Nc3ccccc3OC)ccc2c1=O. The molecule has 0 atom stereocenters. The molecule has 168 valence electrons. The molecule has 0 aliphatic heterocycles. The van der Waals surface area contributed by atoms with Gasteiger partial charge in [0.15, 0.2) is 6.61 Å². The molecule has 0 unspecified atom stereocenters. The zero-order valence-electron chi connectivity index (χ0n) is 18.3. The van der Waals surface area contributed by atoms with E-state index < -0.39 is 0 Å². The standard InChI is InChI=1S/C26H23NO6/c1-3-17-8-4-6-10-21(17)33-24-15-32-23-14-18(12-13-19(23)26(24)29)31-16-25(28)27-20-9-5-7-11-22(20)30-2/h4-15H,3,16H2,1-2H3,(H,27,28). The van der Waals surface area contributed by atoms with Crippen LogP contribution >= 0.6 is 0 Å². The van der Waals surface area contributed by atoms with Crippen molar-refractivity contribution in [2.24, 2.45) is 0 Å². The molecule has 0 radical (unpaired) electrons. The summed E-state index contributed by atoms with van der Waals surface area (Å²) in [5.41, 5.74) is 1.59. The summed E-state index contributed by atoms with van der Waals surface area (Å²) >= 11 is 0. The molecule has 7 heteroatoms. The average molecular weight is 445 g/mol. The highest BCUT2D eigenvalue weighted by Gasteiger charge is 2.13. The Morgan fingerprint density at radius 3 is 2.52 bits per heavy atom. The van der Waals surface area contributed by atoms with Gasteiger partial charge >= 0.3 is 0 Å². The maximum Gasteiger partial charge on any atom is 0.262 e. The summed E-state index contributed by atoms with van der Waals surface area (Å²) in [6, 6.07) is 19.4. The molecule has 4 aromatic rings. The molecule has 0 aliphatic rings. The normalized spacial score (nSPS) is 10.6. The van der Waals surface area contributed by atoms with Gasteiger partial charge in [0.1, 0.15) is 29.1 Å². The molecule has 4 rings (SSSR count). The van der Waals surface area contributed by atoms with Crippen LogP contribution in [0.5, 0.6) is 23.0 Å². The number of ether oxygens (including phenoxy) is 3. The van der Waals surface area contributed by atoms with Crippen LogP contribution in [0.3, 0.4) is 0 Å². The number of carbonyl (C=O) groups excluding carboxylic acids is 1. The second-order valence-corrected chi connectivity index (χ2v) is 7.19. The number of nitrogens with one attached hydrogen (secondary N) is 1. The minimum Gasteiger partial charge on any atom is -0.495 e. The molecule has 3 aromatic carbocycles. The third-order valence-electron chi connectivity index (χ3n) is 5.04. The van der Waals surface area contributed by atoms with Crippen LogP contribution in [0.1, 0.15) is 12.5 Å². The first-order chi connectivity index (χ1) is 16.1. The molecule has 1 heterocycles. The zero-order valence-corrected chi connectivity index (χ0v) is 18.3. The third-order valence-corrected chi connectivity index (χ3v) is 5.04. The van der Waals surface area contributed by atoms with Crippen LogP contribution in [0.15, 0.2) is 82.2 Å². The Labute approximate surface area is 190 Å². The molecule has 33 heavy (non-hydrogen) atoms. The van der Waals surface area contributed by atoms with Crippen molar-refractivity contribution >= 4 is 22.6 Å². The summed E-state index contributed by atoms with van der Waals surface area (Å²) in [5, 5.41) is 3.09. The largest absolute Gasteiger partial charge is 0.495 e. The van der Waals surface area contributed by atoms with Crippen LogP contribution in [-0.2, 0) is 11.2 Å². The Hall–Kier alpha value is -4.26. The van der Waals surface area contributed by atoms with Gasteiger partial charge in [0, 0.05) is 6.07 Å². The minimum absolute atomic E-state index is 0.105. The fourth-order valence-corrected chi connectivity index (χ4v) is 3.35. The number of benzene rings is 3. The number of methoxy groups -OCH3 is 1. The van der Waals surface area contributed by atoms with E-state index >= 15 is 0 Å². The summed E-state index contributed by atoms with van der Waals surface area (Å²) < 4.78 is 22.2. The lowest BCUT2D eigenvalue weighted by molar-refractivity contribution is -0.118. The Kier molecular flexibility index (Phi) is 6.59. The highest BCUT2D eigenvalue weighted by molar-refractivity contribution is 5.93. The van der Waals surface area contributed by atoms with Crippen LogP contribution in [0.4, 0.5) is 5.69 Å². The summed E-state index contributed by atoms with van der Waals surface area (Å²) in [4.78, 5) is 25.1. The Bertz CT molecular complexity index is 1340. The van der Waals surface area contributed by atoms with Crippen molar-refractivity contribution in [3.8, 4) is 23.0 Å². The molecule has 0 saturated carbocycles. The van der Waals surface area contributed by atoms with Crippen LogP contribution in [0.25, 0.3) is 11.0 Å². The highest BCUT2D eigenvalue weighted by Crippen LogP contribution is 2.27. The molecular weight excluding hydrogens is 422 g/mol. The number of carbonyl (C=O) groups is 1. The maximum atomic E-state index is 12.9. The maximum absolute atomic E-state index is 12.9. The first kappa shape index (κ1) is 22.0. The minimum atomic E-state index is -0.348. The summed E-state index contributed by atoms with van der Waals surface area (Å²) in [6.45, 7) is 1.80. The van der Waals surface area contributed by atoms with Gasteiger partial charge in [0.25, 0.3) is 5.91 Å². The van der Waals surface area contributed by atoms with Crippen LogP contribution in [-0.4, -0.2) is 19.6 Å². The fourth-order valence-electron chi connectivity index (χ4n) is 3.35. The van der Waals surface area contributed by atoms with E-state index in [4.69, 9.17) is 18.6 Å². The molecule has 0 saturated heterocycles. The van der Waals surface area contributed by atoms with E-state index in [9.17, 15) is 9.59 Å². The number of hydrogen-bond donors (Lipinski definition) is 1. The Balaban J connectivity index is 1.47. The molecule has 0 spiro atoms. The van der Waals surface area contributed by atoms with Crippen molar-refractivity contribution in [3.05, 3.63) is 88.8 Å². The van der Waals surface area contributed by atoms with Gasteiger partial charge in [0.2, 0.25) is 11.2 Å². The summed E-state index contributed by atoms with van der Waals surface area (Å²) in [7, 11) is 1.53. The molecule has 1 amide bonds. The first-order valence-electron chi connectivity index (χ1n) is 10.5. The lowest BCUT2D eigenvalue weighted by Crippen LogP contribution is -2.20. The van der Waals surface area contributed by atoms with E-state index in [2.05, 4.69) is 5.32 Å². The van der Waals surface area contributed by atoms with Crippen molar-refractivity contribution < 1.29 is 23.4 Å². The second kappa shape index (κ2) is 9.91. The second-order valence-electron chi connectivity index (χ2n) is 7.19. The molecule has 1 aromatic heterocycles. The molecular formula is C26H23NO6. The van der Waals surface area contributed by atoms with Gasteiger partial charge in [-0.05, 0) is 42.3 Å². The van der Waals surface area contributed by atoms with Crippen LogP contribution < -0.4 is 25.0 Å². The van der Waals surface area contributed by atoms with E-state index in [1.54, 1.807) is 36.4 Å². The number of rotatable bonds is 8. The van der Waals surface area contributed by atoms with Gasteiger partial charge in [0.05, 0.1) is 18.2 Å². The monoisotopic (exact) mass is 445 g/mol. The van der Waals surface area contributed by atoms with E-state index in [0.29, 0.717) is 33.9 Å². The Morgan fingerprint density at radius 1 is 0.970 bits per heavy atom. The lowest BCUT2D eigenvalue weighted by atomic mass is 10.1. The van der Waals surface area contributed by atoms with Crippen molar-refractivity contribution in [1.82, 2.24) is 0 Å². The van der Waals surface area contributed by atoms with Gasteiger partial charge in [-0.3, -0.25) is 9.59 Å². The quantitative estimate of drug-likeness (QED) is 0.402. The first-order valence-corrected chi connectivity index (χ1v) is 10.5. The van der Waals surface area contributed by atoms with Gasteiger partial charge in [-0.15, -0.1) is 0 Å². The predicted molar refractivity (Wildman–Crippen MR) is 125 cm³/mol. The highest BCUT2D eigenvalue weighted by atomic mass is 16.5. The van der Waals surface area contributed by atoms with E-state index in [1.165, 1.54) is 13.4 Å². The van der Waals surface area contributed by atoms with E-state index in [-0.39, 0.29) is 23.7 Å². The predicted octanol–water partition coefficient (Wildman–Crippen LogP) is 5.17. The van der Waals surface area contributed by atoms with E-state index in [0.717, 1.165) is 12.0 Å². The van der Waals surface area contributed by atoms with Gasteiger partial charge < -0.3 is 23.9 Å². The van der Waals surface area contributed by atoms with Crippen molar-refractivity contribution in [2.45, 2.75) is 13.3 Å². The molecule has 1 N–H and O–H groups in total. The zero-order chi connectivity index (χ0) is 23.2. The van der Waals surface area contributed by atoms with Crippen molar-refractivity contribution in [3.63, 3.8) is 0 Å². The molecule has 0 fully saturated rings.